The van der Waals surface area contributed by atoms with Crippen LogP contribution in [0.1, 0.15) is 48.7 Å². The van der Waals surface area contributed by atoms with Crippen LogP contribution in [0.4, 0.5) is 0 Å². The molecule has 0 bridgehead atoms. The van der Waals surface area contributed by atoms with Gasteiger partial charge in [-0.2, -0.15) is 0 Å². The van der Waals surface area contributed by atoms with Gasteiger partial charge in [-0.25, -0.2) is 0 Å². The second-order valence-corrected chi connectivity index (χ2v) is 7.64. The zero-order valence-corrected chi connectivity index (χ0v) is 18.1. The van der Waals surface area contributed by atoms with Crippen molar-refractivity contribution in [3.05, 3.63) is 102 Å². The van der Waals surface area contributed by atoms with Crippen molar-refractivity contribution in [3.8, 4) is 11.1 Å². The van der Waals surface area contributed by atoms with Crippen molar-refractivity contribution in [2.45, 2.75) is 38.6 Å². The minimum atomic E-state index is -0.0371. The first-order valence-corrected chi connectivity index (χ1v) is 10.9. The van der Waals surface area contributed by atoms with Crippen molar-refractivity contribution >= 4 is 5.91 Å². The normalized spacial score (nSPS) is 11.8. The molecule has 0 radical (unpaired) electrons. The average molecular weight is 427 g/mol. The summed E-state index contributed by atoms with van der Waals surface area (Å²) < 4.78 is 5.76. The van der Waals surface area contributed by atoms with Gasteiger partial charge in [-0.15, -0.1) is 10.2 Å². The molecular weight excluding hydrogens is 400 g/mol. The van der Waals surface area contributed by atoms with Gasteiger partial charge in [-0.05, 0) is 40.8 Å². The van der Waals surface area contributed by atoms with Crippen LogP contribution in [0.2, 0.25) is 0 Å². The highest BCUT2D eigenvalue weighted by Crippen LogP contribution is 2.20. The van der Waals surface area contributed by atoms with Crippen LogP contribution in [0, 0.1) is 0 Å². The first-order valence-electron chi connectivity index (χ1n) is 10.9. The van der Waals surface area contributed by atoms with E-state index in [1.807, 2.05) is 37.3 Å². The molecular formula is C26H26N4O2. The number of rotatable bonds is 9. The Kier molecular flexibility index (Phi) is 7.02. The molecule has 0 fully saturated rings. The number of carbonyl (C=O) groups excluding carboxylic acids is 1. The summed E-state index contributed by atoms with van der Waals surface area (Å²) in [6.45, 7) is 2.04. The molecule has 1 N–H and O–H groups in total. The van der Waals surface area contributed by atoms with Crippen LogP contribution in [0.3, 0.4) is 0 Å². The maximum absolute atomic E-state index is 12.4. The number of carbonyl (C=O) groups is 1. The van der Waals surface area contributed by atoms with Gasteiger partial charge in [0.1, 0.15) is 0 Å². The number of pyridine rings is 1. The molecule has 6 heteroatoms. The standard InChI is InChI=1S/C26H26N4O2/c1-2-23(22-14-16-27-17-15-22)28-24(31)12-13-25-29-30-26(32-25)18-19-8-10-21(11-9-19)20-6-4-3-5-7-20/h3-11,14-17,23H,2,12-13,18H2,1H3,(H,28,31)/t23-/m1/s1. The zero-order valence-electron chi connectivity index (χ0n) is 18.1. The summed E-state index contributed by atoms with van der Waals surface area (Å²) in [6.07, 6.45) is 5.56. The van der Waals surface area contributed by atoms with Crippen LogP contribution in [-0.4, -0.2) is 21.1 Å². The van der Waals surface area contributed by atoms with Crippen LogP contribution in [0.25, 0.3) is 11.1 Å². The molecule has 0 unspecified atom stereocenters. The lowest BCUT2D eigenvalue weighted by Gasteiger charge is -2.16. The van der Waals surface area contributed by atoms with E-state index in [1.165, 1.54) is 11.1 Å². The van der Waals surface area contributed by atoms with Crippen LogP contribution < -0.4 is 5.32 Å². The molecule has 2 aromatic heterocycles. The summed E-state index contributed by atoms with van der Waals surface area (Å²) in [6, 6.07) is 22.4. The molecule has 0 saturated carbocycles. The van der Waals surface area contributed by atoms with Crippen LogP contribution in [0.5, 0.6) is 0 Å². The second-order valence-electron chi connectivity index (χ2n) is 7.64. The molecule has 0 aliphatic rings. The molecule has 1 amide bonds. The maximum Gasteiger partial charge on any atom is 0.220 e. The van der Waals surface area contributed by atoms with Crippen molar-refractivity contribution in [3.63, 3.8) is 0 Å². The Balaban J connectivity index is 1.29. The number of benzene rings is 2. The second kappa shape index (κ2) is 10.5. The number of hydrogen-bond donors (Lipinski definition) is 1. The largest absolute Gasteiger partial charge is 0.425 e. The molecule has 4 rings (SSSR count). The quantitative estimate of drug-likeness (QED) is 0.411. The Hall–Kier alpha value is -3.80. The van der Waals surface area contributed by atoms with E-state index in [0.29, 0.717) is 31.0 Å². The van der Waals surface area contributed by atoms with E-state index in [1.54, 1.807) is 12.4 Å². The van der Waals surface area contributed by atoms with Gasteiger partial charge < -0.3 is 9.73 Å². The van der Waals surface area contributed by atoms with Gasteiger partial charge in [0.15, 0.2) is 0 Å². The van der Waals surface area contributed by atoms with E-state index in [-0.39, 0.29) is 11.9 Å². The number of aryl methyl sites for hydroxylation is 1. The van der Waals surface area contributed by atoms with Crippen molar-refractivity contribution in [1.29, 1.82) is 0 Å². The van der Waals surface area contributed by atoms with Gasteiger partial charge in [0.25, 0.3) is 0 Å². The predicted molar refractivity (Wildman–Crippen MR) is 123 cm³/mol. The number of amides is 1. The van der Waals surface area contributed by atoms with E-state index in [4.69, 9.17) is 4.42 Å². The third kappa shape index (κ3) is 5.66. The Bertz CT molecular complexity index is 1130. The molecule has 4 aromatic rings. The first kappa shape index (κ1) is 21.4. The third-order valence-corrected chi connectivity index (χ3v) is 5.34. The van der Waals surface area contributed by atoms with E-state index in [0.717, 1.165) is 17.5 Å². The highest BCUT2D eigenvalue weighted by molar-refractivity contribution is 5.76. The Labute approximate surface area is 187 Å². The Morgan fingerprint density at radius 1 is 0.906 bits per heavy atom. The van der Waals surface area contributed by atoms with Gasteiger partial charge in [0.2, 0.25) is 17.7 Å². The Morgan fingerprint density at radius 2 is 1.59 bits per heavy atom. The van der Waals surface area contributed by atoms with Crippen molar-refractivity contribution < 1.29 is 9.21 Å². The lowest BCUT2D eigenvalue weighted by molar-refractivity contribution is -0.121. The van der Waals surface area contributed by atoms with Crippen LogP contribution >= 0.6 is 0 Å². The summed E-state index contributed by atoms with van der Waals surface area (Å²) in [5.41, 5.74) is 4.50. The fourth-order valence-corrected chi connectivity index (χ4v) is 3.58. The van der Waals surface area contributed by atoms with Crippen molar-refractivity contribution in [2.75, 3.05) is 0 Å². The topological polar surface area (TPSA) is 80.9 Å². The SMILES string of the molecule is CC[C@@H](NC(=O)CCc1nnc(Cc2ccc(-c3ccccc3)cc2)o1)c1ccncc1. The van der Waals surface area contributed by atoms with Crippen LogP contribution in [-0.2, 0) is 17.6 Å². The van der Waals surface area contributed by atoms with E-state index in [2.05, 4.69) is 56.9 Å². The number of nitrogens with zero attached hydrogens (tertiary/aromatic N) is 3. The summed E-state index contributed by atoms with van der Waals surface area (Å²) in [5.74, 6) is 0.994. The van der Waals surface area contributed by atoms with Crippen molar-refractivity contribution in [2.24, 2.45) is 0 Å². The molecule has 2 aromatic carbocycles. The predicted octanol–water partition coefficient (Wildman–Crippen LogP) is 4.92. The fourth-order valence-electron chi connectivity index (χ4n) is 3.58. The fraction of sp³-hybridized carbons (Fsp3) is 0.231. The minimum absolute atomic E-state index is 0.0254. The summed E-state index contributed by atoms with van der Waals surface area (Å²) in [5, 5.41) is 11.3. The zero-order chi connectivity index (χ0) is 22.2. The highest BCUT2D eigenvalue weighted by Gasteiger charge is 2.14. The summed E-state index contributed by atoms with van der Waals surface area (Å²) in [4.78, 5) is 16.4. The minimum Gasteiger partial charge on any atom is -0.425 e. The summed E-state index contributed by atoms with van der Waals surface area (Å²) >= 11 is 0. The highest BCUT2D eigenvalue weighted by atomic mass is 16.4. The van der Waals surface area contributed by atoms with E-state index < -0.39 is 0 Å². The monoisotopic (exact) mass is 426 g/mol. The number of nitrogens with one attached hydrogen (secondary N) is 1. The molecule has 32 heavy (non-hydrogen) atoms. The van der Waals surface area contributed by atoms with Gasteiger partial charge in [-0.1, -0.05) is 61.5 Å². The maximum atomic E-state index is 12.4. The smallest absolute Gasteiger partial charge is 0.220 e. The molecule has 0 saturated heterocycles. The molecule has 0 aliphatic heterocycles. The molecule has 2 heterocycles. The molecule has 6 nitrogen and oxygen atoms in total. The van der Waals surface area contributed by atoms with Gasteiger partial charge in [0, 0.05) is 25.2 Å². The average Bonchev–Trinajstić information content (AvgIpc) is 3.30. The van der Waals surface area contributed by atoms with E-state index in [9.17, 15) is 4.79 Å². The van der Waals surface area contributed by atoms with Crippen LogP contribution in [0.15, 0.2) is 83.5 Å². The van der Waals surface area contributed by atoms with Gasteiger partial charge >= 0.3 is 0 Å². The lowest BCUT2D eigenvalue weighted by Crippen LogP contribution is -2.28. The third-order valence-electron chi connectivity index (χ3n) is 5.34. The van der Waals surface area contributed by atoms with E-state index >= 15 is 0 Å². The first-order chi connectivity index (χ1) is 15.7. The van der Waals surface area contributed by atoms with Gasteiger partial charge in [0.05, 0.1) is 12.5 Å². The number of aromatic nitrogens is 3. The number of hydrogen-bond acceptors (Lipinski definition) is 5. The lowest BCUT2D eigenvalue weighted by atomic mass is 10.0. The summed E-state index contributed by atoms with van der Waals surface area (Å²) in [7, 11) is 0. The van der Waals surface area contributed by atoms with Crippen molar-refractivity contribution in [1.82, 2.24) is 20.5 Å². The van der Waals surface area contributed by atoms with Gasteiger partial charge in [-0.3, -0.25) is 9.78 Å². The Morgan fingerprint density at radius 3 is 2.31 bits per heavy atom. The molecule has 0 aliphatic carbocycles. The molecule has 162 valence electrons. The molecule has 0 spiro atoms. The molecule has 1 atom stereocenters.